The largest absolute Gasteiger partial charge is 0.507 e. The van der Waals surface area contributed by atoms with E-state index in [1.807, 2.05) is 20.8 Å². The molecule has 3 N–H and O–H groups in total. The molecular formula is C24H37N3O5. The molecule has 0 aromatic heterocycles. The number of rotatable bonds is 7. The van der Waals surface area contributed by atoms with Crippen molar-refractivity contribution in [2.75, 3.05) is 0 Å². The summed E-state index contributed by atoms with van der Waals surface area (Å²) in [5.74, 6) is -0.600. The number of benzene rings is 1. The average molecular weight is 448 g/mol. The second-order valence-corrected chi connectivity index (χ2v) is 9.97. The van der Waals surface area contributed by atoms with Crippen molar-refractivity contribution in [1.82, 2.24) is 15.5 Å². The zero-order valence-electron chi connectivity index (χ0n) is 20.4. The number of hydrogen-bond acceptors (Lipinski definition) is 5. The average Bonchev–Trinajstić information content (AvgIpc) is 3.35. The van der Waals surface area contributed by atoms with Crippen molar-refractivity contribution in [1.29, 1.82) is 0 Å². The standard InChI is InChI=1S/C24H37N3O5/c1-13(2)25-21(29)19(17-11-9-10-14(3)20(17)28)27(18-12-15(18)4)22(30)16(5)26-23(31)32-24(6,7)8/h9-11,13,15-16,18-19,28H,12H2,1-8H3,(H,25,29)(H,26,31). The molecular weight excluding hydrogens is 410 g/mol. The zero-order valence-corrected chi connectivity index (χ0v) is 20.4. The Bertz CT molecular complexity index is 862. The molecule has 1 saturated carbocycles. The fraction of sp³-hybridized carbons (Fsp3) is 0.625. The summed E-state index contributed by atoms with van der Waals surface area (Å²) in [6.07, 6.45) is 0.0341. The highest BCUT2D eigenvalue weighted by molar-refractivity contribution is 5.93. The number of amides is 3. The van der Waals surface area contributed by atoms with Crippen molar-refractivity contribution in [3.63, 3.8) is 0 Å². The number of nitrogens with zero attached hydrogens (tertiary/aromatic N) is 1. The molecule has 178 valence electrons. The van der Waals surface area contributed by atoms with Crippen LogP contribution in [-0.2, 0) is 14.3 Å². The molecule has 1 aromatic carbocycles. The summed E-state index contributed by atoms with van der Waals surface area (Å²) in [4.78, 5) is 40.6. The van der Waals surface area contributed by atoms with Gasteiger partial charge in [0.15, 0.2) is 0 Å². The number of carbonyl (C=O) groups is 3. The third-order valence-corrected chi connectivity index (χ3v) is 5.30. The highest BCUT2D eigenvalue weighted by atomic mass is 16.6. The Hall–Kier alpha value is -2.77. The fourth-order valence-electron chi connectivity index (χ4n) is 3.63. The first-order valence-corrected chi connectivity index (χ1v) is 11.1. The lowest BCUT2D eigenvalue weighted by atomic mass is 9.98. The van der Waals surface area contributed by atoms with Crippen LogP contribution in [0.4, 0.5) is 4.79 Å². The Morgan fingerprint density at radius 1 is 1.16 bits per heavy atom. The number of nitrogens with one attached hydrogen (secondary N) is 2. The Balaban J connectivity index is 2.43. The fourth-order valence-corrected chi connectivity index (χ4v) is 3.63. The van der Waals surface area contributed by atoms with Gasteiger partial charge in [0.1, 0.15) is 23.4 Å². The Labute approximate surface area is 190 Å². The lowest BCUT2D eigenvalue weighted by Crippen LogP contribution is -2.53. The molecule has 0 heterocycles. The summed E-state index contributed by atoms with van der Waals surface area (Å²) in [7, 11) is 0. The minimum atomic E-state index is -1.03. The van der Waals surface area contributed by atoms with E-state index >= 15 is 0 Å². The maximum absolute atomic E-state index is 13.6. The molecule has 3 amide bonds. The van der Waals surface area contributed by atoms with Gasteiger partial charge in [-0.1, -0.05) is 25.1 Å². The number of carbonyl (C=O) groups excluding carboxylic acids is 3. The van der Waals surface area contributed by atoms with Crippen molar-refractivity contribution in [2.24, 2.45) is 5.92 Å². The van der Waals surface area contributed by atoms with E-state index in [1.165, 1.54) is 4.90 Å². The number of phenolic OH excluding ortho intramolecular Hbond substituents is 1. The topological polar surface area (TPSA) is 108 Å². The molecule has 0 aliphatic heterocycles. The summed E-state index contributed by atoms with van der Waals surface area (Å²) in [5.41, 5.74) is 0.269. The number of aromatic hydroxyl groups is 1. The first kappa shape index (κ1) is 25.5. The number of aryl methyl sites for hydroxylation is 1. The van der Waals surface area contributed by atoms with E-state index in [1.54, 1.807) is 52.8 Å². The molecule has 4 unspecified atom stereocenters. The lowest BCUT2D eigenvalue weighted by molar-refractivity contribution is -0.143. The summed E-state index contributed by atoms with van der Waals surface area (Å²) < 4.78 is 5.28. The second-order valence-electron chi connectivity index (χ2n) is 9.97. The van der Waals surface area contributed by atoms with Crippen LogP contribution in [0.1, 0.15) is 72.1 Å². The van der Waals surface area contributed by atoms with Crippen LogP contribution in [0.2, 0.25) is 0 Å². The smallest absolute Gasteiger partial charge is 0.408 e. The van der Waals surface area contributed by atoms with Gasteiger partial charge in [-0.3, -0.25) is 9.59 Å². The molecule has 0 radical (unpaired) electrons. The highest BCUT2D eigenvalue weighted by Crippen LogP contribution is 2.42. The van der Waals surface area contributed by atoms with Crippen LogP contribution < -0.4 is 10.6 Å². The monoisotopic (exact) mass is 447 g/mol. The molecule has 4 atom stereocenters. The van der Waals surface area contributed by atoms with Crippen molar-refractivity contribution in [2.45, 2.75) is 91.6 Å². The molecule has 1 aromatic rings. The van der Waals surface area contributed by atoms with E-state index in [4.69, 9.17) is 4.74 Å². The Morgan fingerprint density at radius 3 is 2.25 bits per heavy atom. The zero-order chi connectivity index (χ0) is 24.4. The van der Waals surface area contributed by atoms with E-state index in [2.05, 4.69) is 10.6 Å². The van der Waals surface area contributed by atoms with Gasteiger partial charge < -0.3 is 25.4 Å². The molecule has 8 nitrogen and oxygen atoms in total. The van der Waals surface area contributed by atoms with Crippen LogP contribution in [0.3, 0.4) is 0 Å². The van der Waals surface area contributed by atoms with Crippen LogP contribution in [0.25, 0.3) is 0 Å². The van der Waals surface area contributed by atoms with Crippen LogP contribution in [0.15, 0.2) is 18.2 Å². The van der Waals surface area contributed by atoms with Gasteiger partial charge in [-0.25, -0.2) is 4.79 Å². The molecule has 1 aliphatic carbocycles. The second kappa shape index (κ2) is 9.79. The van der Waals surface area contributed by atoms with E-state index in [0.717, 1.165) is 6.42 Å². The van der Waals surface area contributed by atoms with Gasteiger partial charge in [0, 0.05) is 17.6 Å². The van der Waals surface area contributed by atoms with Crippen LogP contribution in [0, 0.1) is 12.8 Å². The number of ether oxygens (including phenoxy) is 1. The molecule has 0 saturated heterocycles. The van der Waals surface area contributed by atoms with Crippen LogP contribution in [0.5, 0.6) is 5.75 Å². The first-order chi connectivity index (χ1) is 14.7. The lowest BCUT2D eigenvalue weighted by Gasteiger charge is -2.35. The normalized spacial score (nSPS) is 19.7. The van der Waals surface area contributed by atoms with E-state index in [0.29, 0.717) is 11.1 Å². The van der Waals surface area contributed by atoms with Gasteiger partial charge in [-0.15, -0.1) is 0 Å². The molecule has 0 spiro atoms. The molecule has 1 fully saturated rings. The summed E-state index contributed by atoms with van der Waals surface area (Å²) in [5, 5.41) is 16.2. The summed E-state index contributed by atoms with van der Waals surface area (Å²) >= 11 is 0. The van der Waals surface area contributed by atoms with Crippen molar-refractivity contribution in [3.8, 4) is 5.75 Å². The highest BCUT2D eigenvalue weighted by Gasteiger charge is 2.48. The quantitative estimate of drug-likeness (QED) is 0.594. The van der Waals surface area contributed by atoms with Gasteiger partial charge in [-0.2, -0.15) is 0 Å². The van der Waals surface area contributed by atoms with Crippen LogP contribution in [-0.4, -0.2) is 51.6 Å². The minimum absolute atomic E-state index is 0.0183. The Morgan fingerprint density at radius 2 is 1.75 bits per heavy atom. The third kappa shape index (κ3) is 6.37. The molecule has 0 bridgehead atoms. The SMILES string of the molecule is Cc1cccc(C(C(=O)NC(C)C)N(C(=O)C(C)NC(=O)OC(C)(C)C)C2CC2C)c1O. The molecule has 2 rings (SSSR count). The molecule has 1 aliphatic rings. The maximum atomic E-state index is 13.6. The minimum Gasteiger partial charge on any atom is -0.507 e. The predicted molar refractivity (Wildman–Crippen MR) is 122 cm³/mol. The van der Waals surface area contributed by atoms with Gasteiger partial charge in [0.25, 0.3) is 0 Å². The van der Waals surface area contributed by atoms with Gasteiger partial charge >= 0.3 is 6.09 Å². The van der Waals surface area contributed by atoms with Gasteiger partial charge in [0.05, 0.1) is 0 Å². The van der Waals surface area contributed by atoms with E-state index < -0.39 is 29.7 Å². The first-order valence-electron chi connectivity index (χ1n) is 11.1. The number of alkyl carbamates (subject to hydrolysis) is 1. The van der Waals surface area contributed by atoms with E-state index in [9.17, 15) is 19.5 Å². The van der Waals surface area contributed by atoms with Crippen LogP contribution >= 0.6 is 0 Å². The van der Waals surface area contributed by atoms with Crippen molar-refractivity contribution >= 4 is 17.9 Å². The maximum Gasteiger partial charge on any atom is 0.408 e. The molecule has 32 heavy (non-hydrogen) atoms. The Kier molecular flexibility index (Phi) is 7.80. The number of hydrogen-bond donors (Lipinski definition) is 3. The van der Waals surface area contributed by atoms with E-state index in [-0.39, 0.29) is 29.7 Å². The van der Waals surface area contributed by atoms with Crippen molar-refractivity contribution < 1.29 is 24.2 Å². The number of para-hydroxylation sites is 1. The predicted octanol–water partition coefficient (Wildman–Crippen LogP) is 3.42. The summed E-state index contributed by atoms with van der Waals surface area (Å²) in [6, 6.07) is 2.89. The van der Waals surface area contributed by atoms with Gasteiger partial charge in [-0.05, 0) is 66.4 Å². The molecule has 8 heteroatoms. The number of phenols is 1. The third-order valence-electron chi connectivity index (χ3n) is 5.30. The van der Waals surface area contributed by atoms with Gasteiger partial charge in [0.2, 0.25) is 11.8 Å². The van der Waals surface area contributed by atoms with Crippen molar-refractivity contribution in [3.05, 3.63) is 29.3 Å². The summed E-state index contributed by atoms with van der Waals surface area (Å²) in [6.45, 7) is 14.2.